The van der Waals surface area contributed by atoms with Gasteiger partial charge in [-0.15, -0.1) is 0 Å². The first-order valence-corrected chi connectivity index (χ1v) is 8.61. The fraction of sp³-hybridized carbons (Fsp3) is 0.150. The van der Waals surface area contributed by atoms with Crippen LogP contribution in [0, 0.1) is 0 Å². The van der Waals surface area contributed by atoms with Crippen molar-refractivity contribution in [1.82, 2.24) is 14.9 Å². The number of fused-ring (bicyclic) bond motifs is 1. The lowest BCUT2D eigenvalue weighted by molar-refractivity contribution is -0.120. The predicted octanol–water partition coefficient (Wildman–Crippen LogP) is 3.01. The average molecular weight is 347 g/mol. The van der Waals surface area contributed by atoms with Gasteiger partial charge in [0.15, 0.2) is 10.9 Å². The van der Waals surface area contributed by atoms with E-state index in [-0.39, 0.29) is 11.8 Å². The van der Waals surface area contributed by atoms with Gasteiger partial charge in [0, 0.05) is 24.7 Å². The van der Waals surface area contributed by atoms with Crippen LogP contribution in [0.4, 0.5) is 0 Å². The number of hydrogen-bond donors (Lipinski definition) is 1. The quantitative estimate of drug-likeness (QED) is 0.737. The van der Waals surface area contributed by atoms with Gasteiger partial charge in [-0.3, -0.25) is 9.36 Å². The molecule has 4 rings (SSSR count). The third-order valence-corrected chi connectivity index (χ3v) is 4.79. The molecule has 1 aromatic heterocycles. The number of aromatic nitrogens is 2. The minimum absolute atomic E-state index is 0.141. The fourth-order valence-electron chi connectivity index (χ4n) is 3.10. The van der Waals surface area contributed by atoms with Crippen LogP contribution in [0.25, 0.3) is 11.1 Å². The number of ketones is 1. The molecule has 25 heavy (non-hydrogen) atoms. The molecular weight excluding hydrogens is 330 g/mol. The van der Waals surface area contributed by atoms with Crippen LogP contribution >= 0.6 is 12.2 Å². The van der Waals surface area contributed by atoms with Crippen molar-refractivity contribution < 1.29 is 4.79 Å². The van der Waals surface area contributed by atoms with E-state index in [1.165, 1.54) is 5.56 Å². The van der Waals surface area contributed by atoms with Gasteiger partial charge in [0.2, 0.25) is 0 Å². The first kappa shape index (κ1) is 15.7. The Kier molecular flexibility index (Phi) is 4.15. The standard InChI is InChI=1S/C20H17N3OS/c24-19(18-11-17-12-21-13-23(17)20(25)22-18)10-14-6-8-16(9-7-14)15-4-2-1-3-5-15/h1-9,12-13,18H,10-11H2,(H,22,25)/t18-/m0/s1. The smallest absolute Gasteiger partial charge is 0.179 e. The molecule has 0 radical (unpaired) electrons. The maximum Gasteiger partial charge on any atom is 0.179 e. The van der Waals surface area contributed by atoms with Crippen molar-refractivity contribution in [3.8, 4) is 11.1 Å². The third kappa shape index (κ3) is 3.23. The van der Waals surface area contributed by atoms with E-state index in [9.17, 15) is 4.79 Å². The molecule has 0 bridgehead atoms. The summed E-state index contributed by atoms with van der Waals surface area (Å²) >= 11 is 5.31. The number of nitrogens with zero attached hydrogens (tertiary/aromatic N) is 2. The molecule has 1 atom stereocenters. The molecule has 1 N–H and O–H groups in total. The zero-order valence-corrected chi connectivity index (χ0v) is 14.4. The Morgan fingerprint density at radius 3 is 2.60 bits per heavy atom. The summed E-state index contributed by atoms with van der Waals surface area (Å²) in [5, 5.41) is 3.66. The Bertz CT molecular complexity index is 916. The highest BCUT2D eigenvalue weighted by molar-refractivity contribution is 7.80. The number of Topliss-reactive ketones (excluding diaryl/α,β-unsaturated/α-hetero) is 1. The van der Waals surface area contributed by atoms with E-state index < -0.39 is 0 Å². The van der Waals surface area contributed by atoms with Crippen LogP contribution in [0.1, 0.15) is 11.3 Å². The first-order chi connectivity index (χ1) is 12.2. The Balaban J connectivity index is 1.46. The van der Waals surface area contributed by atoms with E-state index in [0.717, 1.165) is 16.8 Å². The Morgan fingerprint density at radius 2 is 1.84 bits per heavy atom. The van der Waals surface area contributed by atoms with Gasteiger partial charge < -0.3 is 5.32 Å². The van der Waals surface area contributed by atoms with Crippen LogP contribution in [0.2, 0.25) is 0 Å². The fourth-order valence-corrected chi connectivity index (χ4v) is 3.41. The van der Waals surface area contributed by atoms with Gasteiger partial charge in [0.05, 0.1) is 6.04 Å². The minimum Gasteiger partial charge on any atom is -0.352 e. The lowest BCUT2D eigenvalue weighted by Gasteiger charge is -2.25. The van der Waals surface area contributed by atoms with Crippen molar-refractivity contribution in [3.05, 3.63) is 78.4 Å². The molecule has 1 aliphatic rings. The third-order valence-electron chi connectivity index (χ3n) is 4.47. The molecule has 4 nitrogen and oxygen atoms in total. The monoisotopic (exact) mass is 347 g/mol. The highest BCUT2D eigenvalue weighted by atomic mass is 32.1. The summed E-state index contributed by atoms with van der Waals surface area (Å²) in [6, 6.07) is 18.1. The Morgan fingerprint density at radius 1 is 1.12 bits per heavy atom. The molecule has 0 saturated carbocycles. The van der Waals surface area contributed by atoms with Gasteiger partial charge in [0.1, 0.15) is 6.33 Å². The molecular formula is C20H17N3OS. The summed E-state index contributed by atoms with van der Waals surface area (Å²) in [5.41, 5.74) is 4.31. The summed E-state index contributed by atoms with van der Waals surface area (Å²) in [4.78, 5) is 16.7. The second-order valence-electron chi connectivity index (χ2n) is 6.17. The molecule has 0 fully saturated rings. The Labute approximate surface area is 151 Å². The summed E-state index contributed by atoms with van der Waals surface area (Å²) in [7, 11) is 0. The molecule has 124 valence electrons. The molecule has 5 heteroatoms. The predicted molar refractivity (Wildman–Crippen MR) is 101 cm³/mol. The molecule has 3 aromatic rings. The number of carbonyl (C=O) groups is 1. The van der Waals surface area contributed by atoms with E-state index in [4.69, 9.17) is 12.2 Å². The van der Waals surface area contributed by atoms with Gasteiger partial charge in [-0.25, -0.2) is 4.98 Å². The van der Waals surface area contributed by atoms with Crippen molar-refractivity contribution >= 4 is 23.1 Å². The topological polar surface area (TPSA) is 46.9 Å². The number of benzene rings is 2. The van der Waals surface area contributed by atoms with Crippen LogP contribution < -0.4 is 5.32 Å². The van der Waals surface area contributed by atoms with E-state index in [1.807, 2.05) is 34.9 Å². The highest BCUT2D eigenvalue weighted by Gasteiger charge is 2.26. The molecule has 2 aromatic carbocycles. The SMILES string of the molecule is O=C(Cc1ccc(-c2ccccc2)cc1)[C@@H]1Cc2cncn2C(=S)N1. The van der Waals surface area contributed by atoms with Crippen molar-refractivity contribution in [2.24, 2.45) is 0 Å². The van der Waals surface area contributed by atoms with Crippen LogP contribution in [0.3, 0.4) is 0 Å². The molecule has 0 unspecified atom stereocenters. The highest BCUT2D eigenvalue weighted by Crippen LogP contribution is 2.20. The van der Waals surface area contributed by atoms with Crippen molar-refractivity contribution in [2.45, 2.75) is 18.9 Å². The second kappa shape index (κ2) is 6.61. The van der Waals surface area contributed by atoms with E-state index in [2.05, 4.69) is 34.6 Å². The summed E-state index contributed by atoms with van der Waals surface area (Å²) < 4.78 is 1.81. The van der Waals surface area contributed by atoms with Crippen LogP contribution in [0.5, 0.6) is 0 Å². The largest absolute Gasteiger partial charge is 0.352 e. The molecule has 0 spiro atoms. The van der Waals surface area contributed by atoms with Crippen LogP contribution in [0.15, 0.2) is 67.1 Å². The van der Waals surface area contributed by atoms with E-state index >= 15 is 0 Å². The van der Waals surface area contributed by atoms with E-state index in [1.54, 1.807) is 12.5 Å². The van der Waals surface area contributed by atoms with Crippen LogP contribution in [-0.2, 0) is 17.6 Å². The molecule has 0 amide bonds. The lowest BCUT2D eigenvalue weighted by Crippen LogP contribution is -2.49. The number of nitrogens with one attached hydrogen (secondary N) is 1. The van der Waals surface area contributed by atoms with Crippen molar-refractivity contribution in [2.75, 3.05) is 0 Å². The van der Waals surface area contributed by atoms with Crippen molar-refractivity contribution in [3.63, 3.8) is 0 Å². The number of thiocarbonyl (C=S) groups is 1. The number of hydrogen-bond acceptors (Lipinski definition) is 3. The van der Waals surface area contributed by atoms with Gasteiger partial charge in [0.25, 0.3) is 0 Å². The number of rotatable bonds is 4. The number of imidazole rings is 1. The number of carbonyl (C=O) groups excluding carboxylic acids is 1. The van der Waals surface area contributed by atoms with E-state index in [0.29, 0.717) is 18.0 Å². The molecule has 0 aliphatic carbocycles. The maximum absolute atomic E-state index is 12.6. The lowest BCUT2D eigenvalue weighted by atomic mass is 9.97. The Hall–Kier alpha value is -2.79. The second-order valence-corrected chi connectivity index (χ2v) is 6.55. The molecule has 1 aliphatic heterocycles. The van der Waals surface area contributed by atoms with Gasteiger partial charge in [-0.1, -0.05) is 54.6 Å². The van der Waals surface area contributed by atoms with Gasteiger partial charge in [-0.2, -0.15) is 0 Å². The normalized spacial score (nSPS) is 16.2. The maximum atomic E-state index is 12.6. The zero-order valence-electron chi connectivity index (χ0n) is 13.6. The first-order valence-electron chi connectivity index (χ1n) is 8.20. The molecule has 2 heterocycles. The van der Waals surface area contributed by atoms with Crippen LogP contribution in [-0.4, -0.2) is 26.5 Å². The summed E-state index contributed by atoms with van der Waals surface area (Å²) in [6.45, 7) is 0. The molecule has 0 saturated heterocycles. The van der Waals surface area contributed by atoms with Gasteiger partial charge >= 0.3 is 0 Å². The summed E-state index contributed by atoms with van der Waals surface area (Å²) in [6.07, 6.45) is 4.44. The zero-order chi connectivity index (χ0) is 17.2. The van der Waals surface area contributed by atoms with Crippen molar-refractivity contribution in [1.29, 1.82) is 0 Å². The summed E-state index contributed by atoms with van der Waals surface area (Å²) in [5.74, 6) is 0.141. The van der Waals surface area contributed by atoms with Gasteiger partial charge in [-0.05, 0) is 28.9 Å². The minimum atomic E-state index is -0.287. The average Bonchev–Trinajstić information content (AvgIpc) is 3.12.